The molecule has 1 atom stereocenters. The normalized spacial score (nSPS) is 34.6. The average molecular weight is 178 g/mol. The Morgan fingerprint density at radius 1 is 1.33 bits per heavy atom. The van der Waals surface area contributed by atoms with Crippen LogP contribution >= 0.6 is 0 Å². The first-order valence-corrected chi connectivity index (χ1v) is 3.44. The van der Waals surface area contributed by atoms with E-state index in [1.165, 1.54) is 0 Å². The number of rotatable bonds is 1. The van der Waals surface area contributed by atoms with Gasteiger partial charge in [0.2, 0.25) is 5.79 Å². The van der Waals surface area contributed by atoms with Gasteiger partial charge in [0, 0.05) is 6.42 Å². The number of hydrogen-bond acceptors (Lipinski definition) is 5. The van der Waals surface area contributed by atoms with E-state index in [-0.39, 0.29) is 13.0 Å². The van der Waals surface area contributed by atoms with Gasteiger partial charge in [-0.1, -0.05) is 0 Å². The number of carboxylic acid groups (broad SMARTS) is 1. The third-order valence-corrected chi connectivity index (χ3v) is 1.81. The lowest BCUT2D eigenvalue weighted by Crippen LogP contribution is -2.63. The zero-order valence-electron chi connectivity index (χ0n) is 6.23. The Hall–Kier alpha value is -0.690. The Bertz CT molecular complexity index is 200. The highest BCUT2D eigenvalue weighted by Crippen LogP contribution is 2.30. The van der Waals surface area contributed by atoms with E-state index in [1.807, 2.05) is 0 Å². The van der Waals surface area contributed by atoms with Crippen LogP contribution in [0.15, 0.2) is 0 Å². The summed E-state index contributed by atoms with van der Waals surface area (Å²) in [4.78, 5) is 10.4. The lowest BCUT2D eigenvalue weighted by Gasteiger charge is -2.38. The maximum Gasteiger partial charge on any atom is 0.370 e. The zero-order chi connectivity index (χ0) is 9.41. The second kappa shape index (κ2) is 2.67. The first kappa shape index (κ1) is 9.40. The minimum absolute atomic E-state index is 0.00826. The molecule has 1 unspecified atom stereocenters. The molecule has 0 bridgehead atoms. The molecule has 1 aliphatic rings. The van der Waals surface area contributed by atoms with Crippen LogP contribution in [-0.4, -0.2) is 44.6 Å². The van der Waals surface area contributed by atoms with Crippen LogP contribution in [0.1, 0.15) is 12.8 Å². The van der Waals surface area contributed by atoms with Crippen LogP contribution in [0, 0.1) is 0 Å². The van der Waals surface area contributed by atoms with Crippen molar-refractivity contribution in [1.82, 2.24) is 0 Å². The van der Waals surface area contributed by atoms with E-state index in [1.54, 1.807) is 0 Å². The monoisotopic (exact) mass is 178 g/mol. The number of carboxylic acids is 1. The van der Waals surface area contributed by atoms with E-state index in [0.29, 0.717) is 6.42 Å². The quantitative estimate of drug-likeness (QED) is 0.355. The van der Waals surface area contributed by atoms with E-state index in [9.17, 15) is 4.79 Å². The topological polar surface area (TPSA) is 107 Å². The van der Waals surface area contributed by atoms with Gasteiger partial charge in [-0.05, 0) is 6.42 Å². The van der Waals surface area contributed by atoms with Gasteiger partial charge in [-0.15, -0.1) is 0 Å². The fourth-order valence-corrected chi connectivity index (χ4v) is 1.06. The maximum atomic E-state index is 10.4. The highest BCUT2D eigenvalue weighted by Gasteiger charge is 2.58. The molecule has 1 saturated heterocycles. The van der Waals surface area contributed by atoms with E-state index in [2.05, 4.69) is 4.74 Å². The van der Waals surface area contributed by atoms with Gasteiger partial charge in [-0.25, -0.2) is 4.79 Å². The van der Waals surface area contributed by atoms with Crippen molar-refractivity contribution in [2.45, 2.75) is 24.4 Å². The summed E-state index contributed by atoms with van der Waals surface area (Å²) in [7, 11) is 0. The molecule has 0 aromatic carbocycles. The van der Waals surface area contributed by atoms with Crippen molar-refractivity contribution >= 4 is 5.97 Å². The summed E-state index contributed by atoms with van der Waals surface area (Å²) in [5.74, 6) is -7.41. The molecular formula is C6H10O6. The Balaban J connectivity index is 2.91. The smallest absolute Gasteiger partial charge is 0.370 e. The summed E-state index contributed by atoms with van der Waals surface area (Å²) < 4.78 is 4.40. The van der Waals surface area contributed by atoms with Gasteiger partial charge in [-0.3, -0.25) is 0 Å². The lowest BCUT2D eigenvalue weighted by atomic mass is 9.98. The van der Waals surface area contributed by atoms with Gasteiger partial charge >= 0.3 is 11.8 Å². The standard InChI is InChI=1S/C6H10O6/c7-4(8)6(11)5(9,10)2-1-3-12-6/h9-11H,1-3H2,(H,7,8). The van der Waals surface area contributed by atoms with Crippen molar-refractivity contribution in [1.29, 1.82) is 0 Å². The van der Waals surface area contributed by atoms with Crippen molar-refractivity contribution in [2.24, 2.45) is 0 Å². The fraction of sp³-hybridized carbons (Fsp3) is 0.833. The molecular weight excluding hydrogens is 168 g/mol. The highest BCUT2D eigenvalue weighted by molar-refractivity contribution is 5.76. The average Bonchev–Trinajstić information content (AvgIpc) is 1.95. The molecule has 1 heterocycles. The van der Waals surface area contributed by atoms with Gasteiger partial charge in [0.25, 0.3) is 0 Å². The summed E-state index contributed by atoms with van der Waals surface area (Å²) >= 11 is 0. The Labute approximate surface area is 68.0 Å². The summed E-state index contributed by atoms with van der Waals surface area (Å²) in [5.41, 5.74) is 0. The zero-order valence-corrected chi connectivity index (χ0v) is 6.23. The molecule has 0 aromatic rings. The Morgan fingerprint density at radius 2 is 1.92 bits per heavy atom. The van der Waals surface area contributed by atoms with Crippen molar-refractivity contribution in [3.05, 3.63) is 0 Å². The Kier molecular flexibility index (Phi) is 2.09. The van der Waals surface area contributed by atoms with Gasteiger partial charge in [0.1, 0.15) is 0 Å². The molecule has 0 radical (unpaired) electrons. The molecule has 0 saturated carbocycles. The summed E-state index contributed by atoms with van der Waals surface area (Å²) in [5, 5.41) is 35.7. The summed E-state index contributed by atoms with van der Waals surface area (Å²) in [6.45, 7) is -0.00826. The fourth-order valence-electron chi connectivity index (χ4n) is 1.06. The van der Waals surface area contributed by atoms with Crippen molar-refractivity contribution < 1.29 is 30.0 Å². The second-order valence-corrected chi connectivity index (χ2v) is 2.72. The first-order valence-electron chi connectivity index (χ1n) is 3.44. The molecule has 12 heavy (non-hydrogen) atoms. The number of hydrogen-bond donors (Lipinski definition) is 4. The number of ether oxygens (including phenoxy) is 1. The molecule has 0 amide bonds. The maximum absolute atomic E-state index is 10.4. The van der Waals surface area contributed by atoms with Gasteiger partial charge in [-0.2, -0.15) is 0 Å². The van der Waals surface area contributed by atoms with E-state index < -0.39 is 17.5 Å². The highest BCUT2D eigenvalue weighted by atomic mass is 16.7. The molecule has 6 nitrogen and oxygen atoms in total. The van der Waals surface area contributed by atoms with Crippen LogP contribution in [0.25, 0.3) is 0 Å². The van der Waals surface area contributed by atoms with Crippen LogP contribution in [0.4, 0.5) is 0 Å². The molecule has 1 aliphatic heterocycles. The van der Waals surface area contributed by atoms with Crippen molar-refractivity contribution in [3.8, 4) is 0 Å². The third-order valence-electron chi connectivity index (χ3n) is 1.81. The summed E-state index contributed by atoms with van der Waals surface area (Å²) in [6, 6.07) is 0. The van der Waals surface area contributed by atoms with Crippen LogP contribution in [-0.2, 0) is 9.53 Å². The molecule has 4 N–H and O–H groups in total. The van der Waals surface area contributed by atoms with E-state index >= 15 is 0 Å². The second-order valence-electron chi connectivity index (χ2n) is 2.72. The summed E-state index contributed by atoms with van der Waals surface area (Å²) in [6.07, 6.45) is 0.0678. The lowest BCUT2D eigenvalue weighted by molar-refractivity contribution is -0.376. The predicted molar refractivity (Wildman–Crippen MR) is 34.9 cm³/mol. The molecule has 1 fully saturated rings. The molecule has 1 rings (SSSR count). The molecule has 6 heteroatoms. The van der Waals surface area contributed by atoms with Crippen LogP contribution in [0.5, 0.6) is 0 Å². The first-order chi connectivity index (χ1) is 5.40. The number of carbonyl (C=O) groups is 1. The van der Waals surface area contributed by atoms with E-state index in [4.69, 9.17) is 20.4 Å². The minimum Gasteiger partial charge on any atom is -0.477 e. The van der Waals surface area contributed by atoms with E-state index in [0.717, 1.165) is 0 Å². The number of aliphatic hydroxyl groups is 3. The third kappa shape index (κ3) is 1.18. The predicted octanol–water partition coefficient (Wildman–Crippen LogP) is -1.75. The van der Waals surface area contributed by atoms with Crippen molar-refractivity contribution in [2.75, 3.05) is 6.61 Å². The van der Waals surface area contributed by atoms with Crippen molar-refractivity contribution in [3.63, 3.8) is 0 Å². The van der Waals surface area contributed by atoms with Gasteiger partial charge in [0.05, 0.1) is 6.61 Å². The minimum atomic E-state index is -2.90. The van der Waals surface area contributed by atoms with Crippen LogP contribution < -0.4 is 0 Å². The van der Waals surface area contributed by atoms with Crippen LogP contribution in [0.3, 0.4) is 0 Å². The SMILES string of the molecule is O=C(O)C1(O)OCCCC1(O)O. The molecule has 0 spiro atoms. The molecule has 0 aliphatic carbocycles. The molecule has 0 aromatic heterocycles. The van der Waals surface area contributed by atoms with Gasteiger partial charge in [0.15, 0.2) is 0 Å². The van der Waals surface area contributed by atoms with Crippen LogP contribution in [0.2, 0.25) is 0 Å². The van der Waals surface area contributed by atoms with Gasteiger partial charge < -0.3 is 25.2 Å². The molecule has 70 valence electrons. The largest absolute Gasteiger partial charge is 0.477 e. The Morgan fingerprint density at radius 3 is 2.25 bits per heavy atom. The number of aliphatic carboxylic acids is 1.